The molecule has 1 heterocycles. The maximum atomic E-state index is 13.2. The predicted octanol–water partition coefficient (Wildman–Crippen LogP) is 2.94. The van der Waals surface area contributed by atoms with E-state index in [9.17, 15) is 13.2 Å². The highest BCUT2D eigenvalue weighted by Gasteiger charge is 2.45. The first-order chi connectivity index (χ1) is 11.8. The van der Waals surface area contributed by atoms with Crippen LogP contribution in [-0.2, 0) is 14.8 Å². The van der Waals surface area contributed by atoms with Crippen molar-refractivity contribution in [3.63, 3.8) is 0 Å². The minimum atomic E-state index is -3.71. The van der Waals surface area contributed by atoms with Crippen LogP contribution in [0.5, 0.6) is 0 Å². The summed E-state index contributed by atoms with van der Waals surface area (Å²) in [7, 11) is -3.71. The molecule has 0 saturated carbocycles. The fraction of sp³-hybridized carbons (Fsp3) is 0.316. The SMILES string of the molecule is CC(=O)N1[C@H](C)CN(S(=O)(=O)c2ccc(C)cc2)[C@H]1c1ccccc1. The number of carbonyl (C=O) groups excluding carboxylic acids is 1. The number of hydrogen-bond acceptors (Lipinski definition) is 3. The summed E-state index contributed by atoms with van der Waals surface area (Å²) in [5, 5.41) is 0. The van der Waals surface area contributed by atoms with Gasteiger partial charge in [0, 0.05) is 19.5 Å². The molecule has 2 aromatic rings. The maximum absolute atomic E-state index is 13.2. The van der Waals surface area contributed by atoms with Crippen LogP contribution in [0.25, 0.3) is 0 Å². The van der Waals surface area contributed by atoms with Crippen LogP contribution >= 0.6 is 0 Å². The van der Waals surface area contributed by atoms with E-state index in [0.717, 1.165) is 11.1 Å². The zero-order valence-electron chi connectivity index (χ0n) is 14.6. The molecule has 1 aliphatic rings. The molecule has 5 nitrogen and oxygen atoms in total. The summed E-state index contributed by atoms with van der Waals surface area (Å²) in [6, 6.07) is 15.9. The summed E-state index contributed by atoms with van der Waals surface area (Å²) >= 11 is 0. The fourth-order valence-electron chi connectivity index (χ4n) is 3.34. The van der Waals surface area contributed by atoms with E-state index in [-0.39, 0.29) is 23.4 Å². The maximum Gasteiger partial charge on any atom is 0.245 e. The van der Waals surface area contributed by atoms with E-state index in [1.165, 1.54) is 11.2 Å². The van der Waals surface area contributed by atoms with Crippen LogP contribution < -0.4 is 0 Å². The third kappa shape index (κ3) is 3.19. The Morgan fingerprint density at radius 3 is 2.20 bits per heavy atom. The molecule has 25 heavy (non-hydrogen) atoms. The number of rotatable bonds is 3. The zero-order chi connectivity index (χ0) is 18.2. The normalized spacial score (nSPS) is 21.5. The van der Waals surface area contributed by atoms with Crippen molar-refractivity contribution in [2.45, 2.75) is 37.9 Å². The van der Waals surface area contributed by atoms with Gasteiger partial charge in [0.05, 0.1) is 4.90 Å². The number of carbonyl (C=O) groups is 1. The van der Waals surface area contributed by atoms with Crippen molar-refractivity contribution in [2.75, 3.05) is 6.54 Å². The highest BCUT2D eigenvalue weighted by atomic mass is 32.2. The molecule has 2 aromatic carbocycles. The van der Waals surface area contributed by atoms with E-state index in [0.29, 0.717) is 0 Å². The van der Waals surface area contributed by atoms with E-state index in [1.807, 2.05) is 44.2 Å². The van der Waals surface area contributed by atoms with Crippen molar-refractivity contribution in [1.82, 2.24) is 9.21 Å². The van der Waals surface area contributed by atoms with Crippen LogP contribution in [0.3, 0.4) is 0 Å². The van der Waals surface area contributed by atoms with Gasteiger partial charge in [-0.15, -0.1) is 0 Å². The monoisotopic (exact) mass is 358 g/mol. The third-order valence-electron chi connectivity index (χ3n) is 4.54. The lowest BCUT2D eigenvalue weighted by Gasteiger charge is -2.30. The second-order valence-electron chi connectivity index (χ2n) is 6.45. The van der Waals surface area contributed by atoms with Gasteiger partial charge in [-0.05, 0) is 31.5 Å². The lowest BCUT2D eigenvalue weighted by atomic mass is 10.1. The lowest BCUT2D eigenvalue weighted by molar-refractivity contribution is -0.132. The van der Waals surface area contributed by atoms with Crippen LogP contribution in [0.1, 0.15) is 31.1 Å². The van der Waals surface area contributed by atoms with E-state index in [4.69, 9.17) is 0 Å². The molecule has 0 bridgehead atoms. The summed E-state index contributed by atoms with van der Waals surface area (Å²) in [5.41, 5.74) is 1.79. The smallest absolute Gasteiger partial charge is 0.245 e. The summed E-state index contributed by atoms with van der Waals surface area (Å²) in [6.45, 7) is 5.55. The highest BCUT2D eigenvalue weighted by Crippen LogP contribution is 2.37. The van der Waals surface area contributed by atoms with Gasteiger partial charge in [-0.3, -0.25) is 4.79 Å². The molecule has 1 saturated heterocycles. The first-order valence-electron chi connectivity index (χ1n) is 8.24. The van der Waals surface area contributed by atoms with Gasteiger partial charge in [-0.25, -0.2) is 8.42 Å². The summed E-state index contributed by atoms with van der Waals surface area (Å²) in [4.78, 5) is 14.1. The van der Waals surface area contributed by atoms with Crippen molar-refractivity contribution in [3.05, 3.63) is 65.7 Å². The molecular formula is C19H22N2O3S. The van der Waals surface area contributed by atoms with Crippen molar-refractivity contribution in [1.29, 1.82) is 0 Å². The van der Waals surface area contributed by atoms with Gasteiger partial charge in [-0.2, -0.15) is 4.31 Å². The lowest BCUT2D eigenvalue weighted by Crippen LogP contribution is -2.38. The molecule has 0 unspecified atom stereocenters. The molecule has 132 valence electrons. The number of sulfonamides is 1. The zero-order valence-corrected chi connectivity index (χ0v) is 15.4. The molecule has 2 atom stereocenters. The van der Waals surface area contributed by atoms with Gasteiger partial charge < -0.3 is 4.90 Å². The number of nitrogens with zero attached hydrogens (tertiary/aromatic N) is 2. The molecule has 0 spiro atoms. The van der Waals surface area contributed by atoms with Crippen molar-refractivity contribution < 1.29 is 13.2 Å². The minimum absolute atomic E-state index is 0.136. The predicted molar refractivity (Wildman–Crippen MR) is 96.2 cm³/mol. The van der Waals surface area contributed by atoms with Gasteiger partial charge in [-0.1, -0.05) is 48.0 Å². The molecule has 3 rings (SSSR count). The first-order valence-corrected chi connectivity index (χ1v) is 9.68. The largest absolute Gasteiger partial charge is 0.318 e. The number of benzene rings is 2. The molecule has 0 N–H and O–H groups in total. The molecule has 1 fully saturated rings. The van der Waals surface area contributed by atoms with E-state index in [1.54, 1.807) is 29.2 Å². The minimum Gasteiger partial charge on any atom is -0.318 e. The van der Waals surface area contributed by atoms with Gasteiger partial charge >= 0.3 is 0 Å². The van der Waals surface area contributed by atoms with E-state index >= 15 is 0 Å². The molecule has 1 aliphatic heterocycles. The van der Waals surface area contributed by atoms with Crippen LogP contribution in [0, 0.1) is 6.92 Å². The molecule has 6 heteroatoms. The average molecular weight is 358 g/mol. The third-order valence-corrected chi connectivity index (χ3v) is 6.38. The van der Waals surface area contributed by atoms with Crippen LogP contribution in [-0.4, -0.2) is 36.1 Å². The topological polar surface area (TPSA) is 57.7 Å². The fourth-order valence-corrected chi connectivity index (χ4v) is 4.99. The van der Waals surface area contributed by atoms with Crippen molar-refractivity contribution in [3.8, 4) is 0 Å². The Morgan fingerprint density at radius 1 is 1.04 bits per heavy atom. The van der Waals surface area contributed by atoms with Crippen LogP contribution in [0.4, 0.5) is 0 Å². The Labute approximate surface area is 148 Å². The average Bonchev–Trinajstić information content (AvgIpc) is 2.94. The second-order valence-corrected chi connectivity index (χ2v) is 8.34. The Balaban J connectivity index is 2.09. The Kier molecular flexibility index (Phi) is 4.67. The van der Waals surface area contributed by atoms with Crippen molar-refractivity contribution in [2.24, 2.45) is 0 Å². The number of amides is 1. The van der Waals surface area contributed by atoms with Gasteiger partial charge in [0.15, 0.2) is 0 Å². The Bertz CT molecular complexity index is 863. The summed E-state index contributed by atoms with van der Waals surface area (Å²) < 4.78 is 27.9. The molecule has 0 aromatic heterocycles. The summed E-state index contributed by atoms with van der Waals surface area (Å²) in [5.74, 6) is -0.136. The molecule has 0 radical (unpaired) electrons. The molecular weight excluding hydrogens is 336 g/mol. The molecule has 1 amide bonds. The van der Waals surface area contributed by atoms with E-state index in [2.05, 4.69) is 0 Å². The number of aryl methyl sites for hydroxylation is 1. The first kappa shape index (κ1) is 17.6. The van der Waals surface area contributed by atoms with Gasteiger partial charge in [0.2, 0.25) is 15.9 Å². The number of hydrogen-bond donors (Lipinski definition) is 0. The van der Waals surface area contributed by atoms with Gasteiger partial charge in [0.25, 0.3) is 0 Å². The second kappa shape index (κ2) is 6.61. The summed E-state index contributed by atoms with van der Waals surface area (Å²) in [6.07, 6.45) is -0.625. The molecule has 0 aliphatic carbocycles. The van der Waals surface area contributed by atoms with Crippen LogP contribution in [0.15, 0.2) is 59.5 Å². The Morgan fingerprint density at radius 2 is 1.64 bits per heavy atom. The standard InChI is InChI=1S/C19H22N2O3S/c1-14-9-11-18(12-10-14)25(23,24)20-13-15(2)21(16(3)22)19(20)17-7-5-4-6-8-17/h4-12,15,19H,13H2,1-3H3/t15-,19-/m1/s1. The Hall–Kier alpha value is -2.18. The van der Waals surface area contributed by atoms with Gasteiger partial charge in [0.1, 0.15) is 6.17 Å². The van der Waals surface area contributed by atoms with Crippen molar-refractivity contribution >= 4 is 15.9 Å². The van der Waals surface area contributed by atoms with E-state index < -0.39 is 16.2 Å². The highest BCUT2D eigenvalue weighted by molar-refractivity contribution is 7.89. The van der Waals surface area contributed by atoms with Crippen LogP contribution in [0.2, 0.25) is 0 Å². The quantitative estimate of drug-likeness (QED) is 0.848.